The van der Waals surface area contributed by atoms with Crippen LogP contribution in [0.15, 0.2) is 5.34 Å². The molecule has 16 heavy (non-hydrogen) atoms. The van der Waals surface area contributed by atoms with Crippen LogP contribution in [0.25, 0.3) is 28.3 Å². The van der Waals surface area contributed by atoms with E-state index >= 15 is 0 Å². The fourth-order valence-corrected chi connectivity index (χ4v) is 0. The summed E-state index contributed by atoms with van der Waals surface area (Å²) in [5.41, 5.74) is 25.1. The molecule has 0 spiro atoms. The molecule has 0 atom stereocenters. The molecule has 1 radical (unpaired) electrons. The predicted octanol–water partition coefficient (Wildman–Crippen LogP) is 3.43. The van der Waals surface area contributed by atoms with E-state index in [0.29, 0.717) is 0 Å². The van der Waals surface area contributed by atoms with Crippen molar-refractivity contribution >= 4 is 17.4 Å². The topological polar surface area (TPSA) is 167 Å². The molecule has 0 amide bonds. The van der Waals surface area contributed by atoms with Crippen LogP contribution in [0, 0.1) is 12.3 Å². The Balaban J connectivity index is -0.0000000202. The molecule has 0 fully saturated rings. The van der Waals surface area contributed by atoms with Crippen LogP contribution in [-0.4, -0.2) is 36.5 Å². The Hall–Kier alpha value is -0.454. The minimum atomic E-state index is 0. The van der Waals surface area contributed by atoms with Crippen molar-refractivity contribution in [3.05, 3.63) is 40.7 Å². The van der Waals surface area contributed by atoms with Gasteiger partial charge < -0.3 is 41.0 Å². The van der Waals surface area contributed by atoms with Gasteiger partial charge in [0.05, 0.1) is 0 Å². The molecule has 0 saturated carbocycles. The van der Waals surface area contributed by atoms with Gasteiger partial charge in [0, 0.05) is 16.8 Å². The minimum Gasteiger partial charge on any atom is -0.753 e. The molecule has 0 bridgehead atoms. The first-order chi connectivity index (χ1) is 6.66. The number of isothiocyanates is 1. The molecule has 0 aliphatic rings. The third kappa shape index (κ3) is 892. The molecule has 0 aromatic heterocycles. The Labute approximate surface area is 112 Å². The maximum Gasteiger partial charge on any atom is 0.152 e. The van der Waals surface area contributed by atoms with Crippen molar-refractivity contribution in [3.63, 3.8) is 0 Å². The van der Waals surface area contributed by atoms with E-state index < -0.39 is 0 Å². The van der Waals surface area contributed by atoms with Crippen molar-refractivity contribution in [1.82, 2.24) is 0 Å². The number of nitrogens with one attached hydrogen (secondary N) is 4. The van der Waals surface area contributed by atoms with Crippen LogP contribution in [0.1, 0.15) is 0 Å². The molecule has 5 N–H and O–H groups in total. The third-order valence-electron chi connectivity index (χ3n) is 0.250. The molecular formula is C6H16CoN6O2S-6. The zero-order chi connectivity index (χ0) is 12.2. The summed E-state index contributed by atoms with van der Waals surface area (Å²) in [6, 6.07) is 0. The second kappa shape index (κ2) is 86.8. The molecule has 0 unspecified atom stereocenters. The maximum atomic E-state index is 8.11. The Morgan fingerprint density at radius 2 is 1.19 bits per heavy atom. The number of nitrogens with zero attached hydrogens (tertiary/aromatic N) is 2. The Morgan fingerprint density at radius 1 is 1.12 bits per heavy atom. The predicted molar refractivity (Wildman–Crippen MR) is 66.7 cm³/mol. The van der Waals surface area contributed by atoms with E-state index in [1.54, 1.807) is 0 Å². The fourth-order valence-electron chi connectivity index (χ4n) is 0. The molecule has 0 heterocycles. The maximum absolute atomic E-state index is 8.11. The number of hydrogen-bond donors (Lipinski definition) is 1. The van der Waals surface area contributed by atoms with E-state index in [9.17, 15) is 0 Å². The van der Waals surface area contributed by atoms with Gasteiger partial charge in [0.2, 0.25) is 0 Å². The number of rotatable bonds is 2. The van der Waals surface area contributed by atoms with Gasteiger partial charge in [-0.1, -0.05) is 12.2 Å². The molecule has 0 rings (SSSR count). The van der Waals surface area contributed by atoms with Gasteiger partial charge in [-0.05, 0) is 0 Å². The van der Waals surface area contributed by atoms with Crippen LogP contribution >= 0.6 is 12.2 Å². The summed E-state index contributed by atoms with van der Waals surface area (Å²) in [7, 11) is 0. The molecular weight excluding hydrogens is 279 g/mol. The Kier molecular flexibility index (Phi) is 196. The molecule has 0 saturated heterocycles. The van der Waals surface area contributed by atoms with E-state index in [1.807, 2.05) is 0 Å². The van der Waals surface area contributed by atoms with Gasteiger partial charge in [-0.3, -0.25) is 0 Å². The molecule has 0 aromatic carbocycles. The number of thiocarbonyl (C=S) groups is 1. The van der Waals surface area contributed by atoms with Crippen LogP contribution < -0.4 is 0 Å². The van der Waals surface area contributed by atoms with Crippen LogP contribution in [-0.2, 0) is 16.8 Å². The zero-order valence-electron chi connectivity index (χ0n) is 8.82. The summed E-state index contributed by atoms with van der Waals surface area (Å²) < 4.78 is 0. The second-order valence-corrected chi connectivity index (χ2v) is 1.36. The Morgan fingerprint density at radius 3 is 1.19 bits per heavy atom. The Bertz CT molecular complexity index is 107. The van der Waals surface area contributed by atoms with E-state index in [0.717, 1.165) is 0 Å². The summed E-state index contributed by atoms with van der Waals surface area (Å²) >= 11 is 3.70. The molecule has 0 aliphatic carbocycles. The summed E-state index contributed by atoms with van der Waals surface area (Å²) in [6.45, 7) is 0.944. The molecule has 0 aromatic rings. The SMILES string of the molecule is O=NO.[CH3-].[Co].[N-]=C=S.[NH-]CC[NH-].[NH-]CC[NH-]. The molecule has 8 nitrogen and oxygen atoms in total. The van der Waals surface area contributed by atoms with E-state index in [2.05, 4.69) is 12.2 Å². The standard InChI is InChI=1S/2C2H6N2.CNS.CH3.Co.HNO2/c2*3-1-2-4;2-1-3;;;2-1-3/h2*3-4H,1-2H2;;1H3;;(H,2,3)/q2*-2;2*-1;;. The monoisotopic (exact) mass is 295 g/mol. The van der Waals surface area contributed by atoms with E-state index in [-0.39, 0.29) is 50.4 Å². The van der Waals surface area contributed by atoms with Gasteiger partial charge in [-0.2, -0.15) is 31.3 Å². The average molecular weight is 295 g/mol. The van der Waals surface area contributed by atoms with Crippen molar-refractivity contribution < 1.29 is 22.0 Å². The third-order valence-corrected chi connectivity index (χ3v) is 0.250. The average Bonchev–Trinajstić information content (AvgIpc) is 2.20. The largest absolute Gasteiger partial charge is 0.753 e. The van der Waals surface area contributed by atoms with Crippen molar-refractivity contribution in [2.24, 2.45) is 5.34 Å². The molecule has 0 aliphatic heterocycles. The quantitative estimate of drug-likeness (QED) is 0.271. The second-order valence-electron chi connectivity index (χ2n) is 1.17. The van der Waals surface area contributed by atoms with Crippen LogP contribution in [0.3, 0.4) is 0 Å². The van der Waals surface area contributed by atoms with E-state index in [1.165, 1.54) is 10.5 Å². The van der Waals surface area contributed by atoms with Crippen LogP contribution in [0.2, 0.25) is 0 Å². The minimum absolute atomic E-state index is 0. The van der Waals surface area contributed by atoms with Crippen LogP contribution in [0.5, 0.6) is 0 Å². The molecule has 10 heteroatoms. The van der Waals surface area contributed by atoms with Crippen molar-refractivity contribution in [2.45, 2.75) is 0 Å². The fraction of sp³-hybridized carbons (Fsp3) is 0.667. The summed E-state index contributed by atoms with van der Waals surface area (Å²) in [6.07, 6.45) is 0. The van der Waals surface area contributed by atoms with Crippen molar-refractivity contribution in [2.75, 3.05) is 26.2 Å². The summed E-state index contributed by atoms with van der Waals surface area (Å²) in [4.78, 5) is 8.11. The summed E-state index contributed by atoms with van der Waals surface area (Å²) in [5, 5.41) is 16.4. The normalized spacial score (nSPS) is 5.00. The van der Waals surface area contributed by atoms with Gasteiger partial charge in [-0.25, -0.2) is 0 Å². The van der Waals surface area contributed by atoms with E-state index in [4.69, 9.17) is 38.5 Å². The van der Waals surface area contributed by atoms with Crippen molar-refractivity contribution in [1.29, 1.82) is 0 Å². The van der Waals surface area contributed by atoms with Gasteiger partial charge in [0.15, 0.2) is 5.34 Å². The van der Waals surface area contributed by atoms with Gasteiger partial charge >= 0.3 is 0 Å². The zero-order valence-corrected chi connectivity index (χ0v) is 10.7. The first kappa shape index (κ1) is 36.1. The van der Waals surface area contributed by atoms with Gasteiger partial charge in [0.25, 0.3) is 0 Å². The first-order valence-electron chi connectivity index (χ1n) is 3.22. The smallest absolute Gasteiger partial charge is 0.152 e. The van der Waals surface area contributed by atoms with Gasteiger partial charge in [0.1, 0.15) is 0 Å². The molecule has 103 valence electrons. The number of hydrogen-bond acceptors (Lipinski definition) is 3. The first-order valence-corrected chi connectivity index (χ1v) is 3.63. The summed E-state index contributed by atoms with van der Waals surface area (Å²) in [5.74, 6) is 0. The van der Waals surface area contributed by atoms with Crippen molar-refractivity contribution in [3.8, 4) is 0 Å². The van der Waals surface area contributed by atoms with Crippen LogP contribution in [0.4, 0.5) is 0 Å². The van der Waals surface area contributed by atoms with Gasteiger partial charge in [-0.15, -0.1) is 4.91 Å².